The number of anilines is 1. The van der Waals surface area contributed by atoms with Crippen molar-refractivity contribution in [3.63, 3.8) is 0 Å². The molecule has 0 atom stereocenters. The molecule has 0 heterocycles. The van der Waals surface area contributed by atoms with E-state index in [0.717, 1.165) is 5.56 Å². The van der Waals surface area contributed by atoms with Crippen LogP contribution in [0.3, 0.4) is 0 Å². The molecule has 32 heavy (non-hydrogen) atoms. The Morgan fingerprint density at radius 2 is 1.59 bits per heavy atom. The van der Waals surface area contributed by atoms with Crippen LogP contribution in [0.25, 0.3) is 0 Å². The monoisotopic (exact) mass is 459 g/mol. The molecule has 0 saturated heterocycles. The zero-order valence-corrected chi connectivity index (χ0v) is 20.6. The molecular formula is C24H33N3O4S. The first kappa shape index (κ1) is 25.5. The molecule has 2 rings (SSSR count). The largest absolute Gasteiger partial charge is 0.352 e. The first-order chi connectivity index (χ1) is 14.7. The van der Waals surface area contributed by atoms with Crippen molar-refractivity contribution in [3.8, 4) is 0 Å². The lowest BCUT2D eigenvalue weighted by Gasteiger charge is -2.21. The van der Waals surface area contributed by atoms with E-state index in [9.17, 15) is 18.0 Å². The average molecular weight is 460 g/mol. The number of hydrogen-bond donors (Lipinski definition) is 3. The summed E-state index contributed by atoms with van der Waals surface area (Å²) >= 11 is 0. The van der Waals surface area contributed by atoms with Crippen molar-refractivity contribution < 1.29 is 18.0 Å². The van der Waals surface area contributed by atoms with Gasteiger partial charge in [-0.25, -0.2) is 13.1 Å². The number of rotatable bonds is 7. The number of carbonyl (C=O) groups is 2. The fraction of sp³-hybridized carbons (Fsp3) is 0.417. The predicted molar refractivity (Wildman–Crippen MR) is 128 cm³/mol. The normalized spacial score (nSPS) is 12.0. The second kappa shape index (κ2) is 9.83. The average Bonchev–Trinajstić information content (AvgIpc) is 2.65. The second-order valence-electron chi connectivity index (χ2n) is 9.42. The van der Waals surface area contributed by atoms with Crippen molar-refractivity contribution in [2.75, 3.05) is 11.9 Å². The number of hydrogen-bond acceptors (Lipinski definition) is 4. The number of sulfonamides is 1. The van der Waals surface area contributed by atoms with Crippen LogP contribution in [0.5, 0.6) is 0 Å². The molecule has 0 aliphatic heterocycles. The van der Waals surface area contributed by atoms with Crippen LogP contribution >= 0.6 is 0 Å². The molecule has 0 aromatic heterocycles. The molecule has 0 fully saturated rings. The third kappa shape index (κ3) is 6.90. The van der Waals surface area contributed by atoms with Gasteiger partial charge in [0.1, 0.15) is 0 Å². The molecular weight excluding hydrogens is 426 g/mol. The van der Waals surface area contributed by atoms with Crippen LogP contribution < -0.4 is 15.4 Å². The fourth-order valence-electron chi connectivity index (χ4n) is 3.01. The Labute approximate surface area is 191 Å². The minimum absolute atomic E-state index is 0.0251. The molecule has 174 valence electrons. The van der Waals surface area contributed by atoms with Crippen molar-refractivity contribution >= 4 is 27.5 Å². The highest BCUT2D eigenvalue weighted by Gasteiger charge is 2.23. The summed E-state index contributed by atoms with van der Waals surface area (Å²) in [6.45, 7) is 13.4. The lowest BCUT2D eigenvalue weighted by atomic mass is 10.1. The minimum Gasteiger partial charge on any atom is -0.352 e. The van der Waals surface area contributed by atoms with Gasteiger partial charge in [-0.05, 0) is 82.0 Å². The van der Waals surface area contributed by atoms with Crippen LogP contribution in [0, 0.1) is 19.8 Å². The first-order valence-corrected chi connectivity index (χ1v) is 12.0. The van der Waals surface area contributed by atoms with Crippen LogP contribution in [-0.2, 0) is 10.0 Å². The van der Waals surface area contributed by atoms with Crippen LogP contribution in [0.2, 0.25) is 0 Å². The van der Waals surface area contributed by atoms with E-state index in [2.05, 4.69) is 15.4 Å². The summed E-state index contributed by atoms with van der Waals surface area (Å²) in [4.78, 5) is 25.2. The maximum atomic E-state index is 12.9. The Kier molecular flexibility index (Phi) is 7.85. The van der Waals surface area contributed by atoms with Crippen molar-refractivity contribution in [1.29, 1.82) is 0 Å². The van der Waals surface area contributed by atoms with Crippen LogP contribution in [0.1, 0.15) is 66.5 Å². The molecule has 2 aromatic carbocycles. The standard InChI is InChI=1S/C24H33N3O4S/c1-15(2)14-25-22(28)18-9-11-21(17(4)12-18)26-23(29)20-13-19(10-8-16(20)3)32(30,31)27-24(5,6)7/h8-13,15,27H,14H2,1-7H3,(H,25,28)(H,26,29). The summed E-state index contributed by atoms with van der Waals surface area (Å²) in [6.07, 6.45) is 0. The van der Waals surface area contributed by atoms with E-state index in [1.807, 2.05) is 13.8 Å². The predicted octanol–water partition coefficient (Wildman–Crippen LogP) is 4.02. The van der Waals surface area contributed by atoms with E-state index in [1.54, 1.807) is 58.9 Å². The third-order valence-corrected chi connectivity index (χ3v) is 6.37. The van der Waals surface area contributed by atoms with Gasteiger partial charge in [-0.15, -0.1) is 0 Å². The fourth-order valence-corrected chi connectivity index (χ4v) is 4.45. The maximum absolute atomic E-state index is 12.9. The summed E-state index contributed by atoms with van der Waals surface area (Å²) in [5.74, 6) is -0.241. The summed E-state index contributed by atoms with van der Waals surface area (Å²) in [7, 11) is -3.77. The smallest absolute Gasteiger partial charge is 0.255 e. The molecule has 2 aromatic rings. The second-order valence-corrected chi connectivity index (χ2v) is 11.1. The van der Waals surface area contributed by atoms with Gasteiger partial charge in [0.25, 0.3) is 11.8 Å². The van der Waals surface area contributed by atoms with Crippen LogP contribution in [-0.4, -0.2) is 32.3 Å². The highest BCUT2D eigenvalue weighted by Crippen LogP contribution is 2.21. The lowest BCUT2D eigenvalue weighted by molar-refractivity contribution is 0.0948. The Bertz CT molecular complexity index is 1120. The third-order valence-electron chi connectivity index (χ3n) is 4.61. The highest BCUT2D eigenvalue weighted by molar-refractivity contribution is 7.89. The van der Waals surface area contributed by atoms with Gasteiger partial charge < -0.3 is 10.6 Å². The first-order valence-electron chi connectivity index (χ1n) is 10.5. The number of carbonyl (C=O) groups excluding carboxylic acids is 2. The number of benzene rings is 2. The Balaban J connectivity index is 2.25. The van der Waals surface area contributed by atoms with E-state index >= 15 is 0 Å². The van der Waals surface area contributed by atoms with Crippen molar-refractivity contribution in [3.05, 3.63) is 58.7 Å². The SMILES string of the molecule is Cc1cc(C(=O)NCC(C)C)ccc1NC(=O)c1cc(S(=O)(=O)NC(C)(C)C)ccc1C. The van der Waals surface area contributed by atoms with Crippen molar-refractivity contribution in [1.82, 2.24) is 10.0 Å². The Morgan fingerprint density at radius 3 is 2.16 bits per heavy atom. The quantitative estimate of drug-likeness (QED) is 0.582. The summed E-state index contributed by atoms with van der Waals surface area (Å²) in [5.41, 5.74) is 2.06. The summed E-state index contributed by atoms with van der Waals surface area (Å²) in [5, 5.41) is 5.69. The number of aryl methyl sites for hydroxylation is 2. The Morgan fingerprint density at radius 1 is 0.938 bits per heavy atom. The lowest BCUT2D eigenvalue weighted by Crippen LogP contribution is -2.40. The molecule has 0 aliphatic rings. The van der Waals surface area contributed by atoms with E-state index < -0.39 is 21.5 Å². The molecule has 7 nitrogen and oxygen atoms in total. The van der Waals surface area contributed by atoms with Gasteiger partial charge in [-0.3, -0.25) is 9.59 Å². The number of amides is 2. The number of nitrogens with one attached hydrogen (secondary N) is 3. The molecule has 0 spiro atoms. The van der Waals surface area contributed by atoms with Crippen LogP contribution in [0.15, 0.2) is 41.3 Å². The van der Waals surface area contributed by atoms with E-state index in [4.69, 9.17) is 0 Å². The molecule has 0 saturated carbocycles. The Hall–Kier alpha value is -2.71. The van der Waals surface area contributed by atoms with E-state index in [0.29, 0.717) is 29.3 Å². The van der Waals surface area contributed by atoms with Gasteiger partial charge in [0.15, 0.2) is 0 Å². The van der Waals surface area contributed by atoms with E-state index in [-0.39, 0.29) is 16.4 Å². The molecule has 2 amide bonds. The zero-order valence-electron chi connectivity index (χ0n) is 19.8. The summed E-state index contributed by atoms with van der Waals surface area (Å²) < 4.78 is 27.9. The molecule has 0 bridgehead atoms. The zero-order chi connectivity index (χ0) is 24.3. The maximum Gasteiger partial charge on any atom is 0.255 e. The van der Waals surface area contributed by atoms with Crippen molar-refractivity contribution in [2.45, 2.75) is 58.9 Å². The molecule has 0 radical (unpaired) electrons. The summed E-state index contributed by atoms with van der Waals surface area (Å²) in [6, 6.07) is 9.51. The van der Waals surface area contributed by atoms with Gasteiger partial charge in [0.2, 0.25) is 10.0 Å². The topological polar surface area (TPSA) is 104 Å². The van der Waals surface area contributed by atoms with Gasteiger partial charge in [-0.2, -0.15) is 0 Å². The van der Waals surface area contributed by atoms with Gasteiger partial charge >= 0.3 is 0 Å². The van der Waals surface area contributed by atoms with E-state index in [1.165, 1.54) is 12.1 Å². The van der Waals surface area contributed by atoms with Crippen molar-refractivity contribution in [2.24, 2.45) is 5.92 Å². The van der Waals surface area contributed by atoms with Gasteiger partial charge in [0.05, 0.1) is 4.90 Å². The van der Waals surface area contributed by atoms with Gasteiger partial charge in [-0.1, -0.05) is 19.9 Å². The van der Waals surface area contributed by atoms with Gasteiger partial charge in [0, 0.05) is 28.9 Å². The van der Waals surface area contributed by atoms with Crippen LogP contribution in [0.4, 0.5) is 5.69 Å². The molecule has 3 N–H and O–H groups in total. The molecule has 0 unspecified atom stereocenters. The molecule has 0 aliphatic carbocycles. The highest BCUT2D eigenvalue weighted by atomic mass is 32.2. The minimum atomic E-state index is -3.77. The molecule has 8 heteroatoms.